The van der Waals surface area contributed by atoms with Crippen molar-refractivity contribution in [1.29, 1.82) is 0 Å². The summed E-state index contributed by atoms with van der Waals surface area (Å²) in [5.74, 6) is -0.153. The molecular formula is C8H15NO5. The summed E-state index contributed by atoms with van der Waals surface area (Å²) in [4.78, 5) is 10.3. The molecule has 1 rings (SSSR count). The first-order valence-corrected chi connectivity index (χ1v) is 4.34. The van der Waals surface area contributed by atoms with Gasteiger partial charge >= 0.3 is 6.09 Å². The summed E-state index contributed by atoms with van der Waals surface area (Å²) in [5, 5.41) is 9.57. The minimum Gasteiger partial charge on any atom is -0.447 e. The van der Waals surface area contributed by atoms with Crippen molar-refractivity contribution in [2.24, 2.45) is 11.7 Å². The Kier molecular flexibility index (Phi) is 3.68. The van der Waals surface area contributed by atoms with Crippen LogP contribution >= 0.6 is 0 Å². The standard InChI is InChI=1S/C8H15NO5/c1-4-5(3-13-8(9)11)14-7(12-2)6(4)10/h4-7,10H,3H2,1-2H3,(H2,9,11)/t4-,5-,6-,7-/m1/s1. The SMILES string of the molecule is CO[C@@H]1O[C@H](COC(N)=O)[C@@H](C)[C@H]1O. The van der Waals surface area contributed by atoms with Crippen LogP contribution in [0.2, 0.25) is 0 Å². The molecule has 1 fully saturated rings. The summed E-state index contributed by atoms with van der Waals surface area (Å²) in [6.45, 7) is 1.83. The monoisotopic (exact) mass is 205 g/mol. The number of hydrogen-bond donors (Lipinski definition) is 2. The molecule has 0 bridgehead atoms. The molecule has 4 atom stereocenters. The summed E-state index contributed by atoms with van der Waals surface area (Å²) >= 11 is 0. The lowest BCUT2D eigenvalue weighted by molar-refractivity contribution is -0.153. The molecule has 3 N–H and O–H groups in total. The zero-order valence-electron chi connectivity index (χ0n) is 8.17. The van der Waals surface area contributed by atoms with Crippen LogP contribution < -0.4 is 5.73 Å². The molecule has 1 saturated heterocycles. The number of hydrogen-bond acceptors (Lipinski definition) is 5. The molecule has 1 heterocycles. The molecular weight excluding hydrogens is 190 g/mol. The Balaban J connectivity index is 2.44. The topological polar surface area (TPSA) is 91.0 Å². The van der Waals surface area contributed by atoms with E-state index in [4.69, 9.17) is 15.2 Å². The number of carbonyl (C=O) groups excluding carboxylic acids is 1. The van der Waals surface area contributed by atoms with E-state index < -0.39 is 18.5 Å². The summed E-state index contributed by atoms with van der Waals surface area (Å²) in [7, 11) is 1.44. The quantitative estimate of drug-likeness (QED) is 0.645. The van der Waals surface area contributed by atoms with Gasteiger partial charge in [0.05, 0.1) is 0 Å². The maximum absolute atomic E-state index is 10.3. The van der Waals surface area contributed by atoms with Crippen LogP contribution in [0.4, 0.5) is 4.79 Å². The Morgan fingerprint density at radius 2 is 2.29 bits per heavy atom. The lowest BCUT2D eigenvalue weighted by Gasteiger charge is -2.13. The second-order valence-electron chi connectivity index (χ2n) is 3.26. The number of primary amides is 1. The van der Waals surface area contributed by atoms with Gasteiger partial charge in [-0.3, -0.25) is 0 Å². The second kappa shape index (κ2) is 4.59. The normalized spacial score (nSPS) is 37.1. The van der Waals surface area contributed by atoms with Crippen molar-refractivity contribution in [3.63, 3.8) is 0 Å². The van der Waals surface area contributed by atoms with E-state index in [1.807, 2.05) is 0 Å². The fourth-order valence-corrected chi connectivity index (χ4v) is 1.39. The number of methoxy groups -OCH3 is 1. The molecule has 1 aliphatic rings. The number of amides is 1. The molecule has 0 aliphatic carbocycles. The van der Waals surface area contributed by atoms with Crippen LogP contribution in [0.5, 0.6) is 0 Å². The van der Waals surface area contributed by atoms with Crippen LogP contribution in [0.3, 0.4) is 0 Å². The highest BCUT2D eigenvalue weighted by Crippen LogP contribution is 2.27. The molecule has 0 saturated carbocycles. The number of ether oxygens (including phenoxy) is 3. The van der Waals surface area contributed by atoms with Crippen molar-refractivity contribution in [3.05, 3.63) is 0 Å². The van der Waals surface area contributed by atoms with Gasteiger partial charge in [0, 0.05) is 13.0 Å². The van der Waals surface area contributed by atoms with Gasteiger partial charge in [0.2, 0.25) is 0 Å². The van der Waals surface area contributed by atoms with E-state index in [0.29, 0.717) is 0 Å². The Bertz CT molecular complexity index is 210. The van der Waals surface area contributed by atoms with Gasteiger partial charge in [-0.2, -0.15) is 0 Å². The third kappa shape index (κ3) is 2.34. The summed E-state index contributed by atoms with van der Waals surface area (Å²) in [6, 6.07) is 0. The van der Waals surface area contributed by atoms with E-state index in [0.717, 1.165) is 0 Å². The fraction of sp³-hybridized carbons (Fsp3) is 0.875. The number of nitrogens with two attached hydrogens (primary N) is 1. The molecule has 0 aromatic carbocycles. The van der Waals surface area contributed by atoms with E-state index in [9.17, 15) is 9.90 Å². The van der Waals surface area contributed by atoms with Crippen molar-refractivity contribution in [2.45, 2.75) is 25.4 Å². The van der Waals surface area contributed by atoms with Crippen LogP contribution in [0.25, 0.3) is 0 Å². The highest BCUT2D eigenvalue weighted by atomic mass is 16.7. The Hall–Kier alpha value is -0.850. The van der Waals surface area contributed by atoms with E-state index in [1.54, 1.807) is 6.92 Å². The van der Waals surface area contributed by atoms with E-state index >= 15 is 0 Å². The van der Waals surface area contributed by atoms with E-state index in [1.165, 1.54) is 7.11 Å². The molecule has 6 heteroatoms. The van der Waals surface area contributed by atoms with Crippen LogP contribution in [-0.4, -0.2) is 43.4 Å². The van der Waals surface area contributed by atoms with Gasteiger partial charge in [0.1, 0.15) is 18.8 Å². The van der Waals surface area contributed by atoms with Crippen molar-refractivity contribution in [3.8, 4) is 0 Å². The third-order valence-corrected chi connectivity index (χ3v) is 2.34. The Labute approximate surface area is 81.9 Å². The zero-order valence-corrected chi connectivity index (χ0v) is 8.17. The Morgan fingerprint density at radius 3 is 2.71 bits per heavy atom. The molecule has 82 valence electrons. The van der Waals surface area contributed by atoms with E-state index in [2.05, 4.69) is 4.74 Å². The maximum atomic E-state index is 10.3. The van der Waals surface area contributed by atoms with Crippen LogP contribution in [-0.2, 0) is 14.2 Å². The largest absolute Gasteiger partial charge is 0.447 e. The van der Waals surface area contributed by atoms with Gasteiger partial charge < -0.3 is 25.1 Å². The predicted molar refractivity (Wildman–Crippen MR) is 46.4 cm³/mol. The number of aliphatic hydroxyl groups is 1. The van der Waals surface area contributed by atoms with Gasteiger partial charge in [0.15, 0.2) is 6.29 Å². The van der Waals surface area contributed by atoms with Gasteiger partial charge in [-0.25, -0.2) is 4.79 Å². The zero-order chi connectivity index (χ0) is 10.7. The van der Waals surface area contributed by atoms with Crippen LogP contribution in [0.15, 0.2) is 0 Å². The lowest BCUT2D eigenvalue weighted by atomic mass is 10.0. The van der Waals surface area contributed by atoms with Gasteiger partial charge in [-0.1, -0.05) is 6.92 Å². The molecule has 0 unspecified atom stereocenters. The first kappa shape index (κ1) is 11.2. The molecule has 1 aliphatic heterocycles. The molecule has 14 heavy (non-hydrogen) atoms. The highest BCUT2D eigenvalue weighted by molar-refractivity contribution is 5.64. The molecule has 0 aromatic heterocycles. The number of rotatable bonds is 3. The average molecular weight is 205 g/mol. The van der Waals surface area contributed by atoms with Crippen LogP contribution in [0.1, 0.15) is 6.92 Å². The first-order chi connectivity index (χ1) is 6.56. The van der Waals surface area contributed by atoms with Crippen molar-refractivity contribution < 1.29 is 24.1 Å². The first-order valence-electron chi connectivity index (χ1n) is 4.34. The van der Waals surface area contributed by atoms with Crippen LogP contribution in [0, 0.1) is 5.92 Å². The van der Waals surface area contributed by atoms with Crippen molar-refractivity contribution in [1.82, 2.24) is 0 Å². The Morgan fingerprint density at radius 1 is 1.64 bits per heavy atom. The summed E-state index contributed by atoms with van der Waals surface area (Å²) in [5.41, 5.74) is 4.81. The van der Waals surface area contributed by atoms with Gasteiger partial charge in [-0.05, 0) is 0 Å². The smallest absolute Gasteiger partial charge is 0.404 e. The van der Waals surface area contributed by atoms with Gasteiger partial charge in [-0.15, -0.1) is 0 Å². The molecule has 1 amide bonds. The number of aliphatic hydroxyl groups excluding tert-OH is 1. The second-order valence-corrected chi connectivity index (χ2v) is 3.26. The summed E-state index contributed by atoms with van der Waals surface area (Å²) < 4.78 is 14.8. The third-order valence-electron chi connectivity index (χ3n) is 2.34. The minimum absolute atomic E-state index is 0.0351. The maximum Gasteiger partial charge on any atom is 0.404 e. The minimum atomic E-state index is -0.851. The predicted octanol–water partition coefficient (Wildman–Crippen LogP) is -0.550. The molecule has 0 spiro atoms. The van der Waals surface area contributed by atoms with Crippen molar-refractivity contribution in [2.75, 3.05) is 13.7 Å². The average Bonchev–Trinajstić information content (AvgIpc) is 2.41. The molecule has 0 aromatic rings. The van der Waals surface area contributed by atoms with E-state index in [-0.39, 0.29) is 18.6 Å². The lowest BCUT2D eigenvalue weighted by Crippen LogP contribution is -2.28. The molecule has 0 radical (unpaired) electrons. The number of carbonyl (C=O) groups is 1. The van der Waals surface area contributed by atoms with Gasteiger partial charge in [0.25, 0.3) is 0 Å². The summed E-state index contributed by atoms with van der Waals surface area (Å²) in [6.07, 6.45) is -2.59. The van der Waals surface area contributed by atoms with Crippen molar-refractivity contribution >= 4 is 6.09 Å². The molecule has 6 nitrogen and oxygen atoms in total. The highest BCUT2D eigenvalue weighted by Gasteiger charge is 2.41. The fourth-order valence-electron chi connectivity index (χ4n) is 1.39.